The molecule has 2 amide bonds. The third kappa shape index (κ3) is 6.97. The molecule has 2 aromatic rings. The Morgan fingerprint density at radius 3 is 2.13 bits per heavy atom. The number of piperidine rings is 1. The minimum absolute atomic E-state index is 0.0535. The van der Waals surface area contributed by atoms with Crippen LogP contribution in [0, 0.1) is 5.82 Å². The summed E-state index contributed by atoms with van der Waals surface area (Å²) in [6.07, 6.45) is -11.6. The summed E-state index contributed by atoms with van der Waals surface area (Å²) in [5.74, 6) is -2.12. The number of alkyl halides is 6. The van der Waals surface area contributed by atoms with E-state index < -0.39 is 68.7 Å². The molecule has 0 saturated carbocycles. The topological polar surface area (TPSA) is 110 Å². The van der Waals surface area contributed by atoms with Crippen molar-refractivity contribution in [1.82, 2.24) is 15.1 Å². The number of anilines is 1. The van der Waals surface area contributed by atoms with Crippen LogP contribution in [0.4, 0.5) is 36.4 Å². The van der Waals surface area contributed by atoms with Crippen LogP contribution >= 0.6 is 0 Å². The Hall–Kier alpha value is -3.70. The predicted molar refractivity (Wildman–Crippen MR) is 156 cm³/mol. The summed E-state index contributed by atoms with van der Waals surface area (Å²) >= 11 is 0. The quantitative estimate of drug-likeness (QED) is 0.321. The van der Waals surface area contributed by atoms with Crippen molar-refractivity contribution in [1.29, 1.82) is 0 Å². The second-order valence-corrected chi connectivity index (χ2v) is 13.4. The fourth-order valence-electron chi connectivity index (χ4n) is 5.76. The maximum absolute atomic E-state index is 13.9. The molecule has 1 saturated heterocycles. The Labute approximate surface area is 266 Å². The van der Waals surface area contributed by atoms with Crippen molar-refractivity contribution in [2.24, 2.45) is 0 Å². The van der Waals surface area contributed by atoms with E-state index in [1.807, 2.05) is 7.05 Å². The van der Waals surface area contributed by atoms with Crippen LogP contribution in [0.25, 0.3) is 0 Å². The van der Waals surface area contributed by atoms with Crippen LogP contribution in [-0.4, -0.2) is 93.3 Å². The average Bonchev–Trinajstić information content (AvgIpc) is 3.00. The van der Waals surface area contributed by atoms with Gasteiger partial charge in [-0.25, -0.2) is 12.8 Å². The van der Waals surface area contributed by atoms with E-state index in [1.54, 1.807) is 7.05 Å². The summed E-state index contributed by atoms with van der Waals surface area (Å²) in [6.45, 7) is 4.82. The number of nitrogens with zero attached hydrogens (tertiary/aromatic N) is 3. The lowest BCUT2D eigenvalue weighted by atomic mass is 9.87. The molecular weight excluding hydrogens is 661 g/mol. The average molecular weight is 695 g/mol. The third-order valence-electron chi connectivity index (χ3n) is 8.62. The zero-order valence-corrected chi connectivity index (χ0v) is 26.1. The van der Waals surface area contributed by atoms with Crippen LogP contribution in [0.2, 0.25) is 0 Å². The lowest BCUT2D eigenvalue weighted by Crippen LogP contribution is -2.54. The maximum atomic E-state index is 13.9. The number of aliphatic hydroxyl groups is 1. The zero-order chi connectivity index (χ0) is 35.1. The van der Waals surface area contributed by atoms with Gasteiger partial charge in [-0.1, -0.05) is 18.7 Å². The fourth-order valence-corrected chi connectivity index (χ4v) is 7.47. The molecule has 258 valence electrons. The number of likely N-dealkylation sites (N-methyl/N-ethyl adjacent to an activating group) is 1. The van der Waals surface area contributed by atoms with E-state index in [4.69, 9.17) is 0 Å². The summed E-state index contributed by atoms with van der Waals surface area (Å²) in [6, 6.07) is 3.39. The minimum Gasteiger partial charge on any atom is -0.369 e. The van der Waals surface area contributed by atoms with Gasteiger partial charge in [0.05, 0.1) is 23.2 Å². The number of sulfonamides is 1. The Morgan fingerprint density at radius 1 is 1.00 bits per heavy atom. The molecule has 1 fully saturated rings. The van der Waals surface area contributed by atoms with Gasteiger partial charge in [0.25, 0.3) is 15.6 Å². The van der Waals surface area contributed by atoms with Crippen LogP contribution in [-0.2, 0) is 31.6 Å². The molecule has 0 aromatic heterocycles. The second-order valence-electron chi connectivity index (χ2n) is 11.6. The number of benzene rings is 2. The molecule has 0 radical (unpaired) electrons. The highest BCUT2D eigenvalue weighted by Crippen LogP contribution is 2.51. The van der Waals surface area contributed by atoms with Gasteiger partial charge >= 0.3 is 12.4 Å². The number of hydrogen-bond donors (Lipinski definition) is 2. The summed E-state index contributed by atoms with van der Waals surface area (Å²) < 4.78 is 124. The highest BCUT2D eigenvalue weighted by atomic mass is 32.2. The van der Waals surface area contributed by atoms with Crippen molar-refractivity contribution in [3.63, 3.8) is 0 Å². The lowest BCUT2D eigenvalue weighted by molar-refractivity contribution is -0.376. The number of carbonyl (C=O) groups is 2. The van der Waals surface area contributed by atoms with Crippen LogP contribution in [0.1, 0.15) is 30.4 Å². The van der Waals surface area contributed by atoms with Crippen molar-refractivity contribution in [3.05, 3.63) is 71.6 Å². The normalized spacial score (nSPS) is 18.4. The number of likely N-dealkylation sites (tertiary alicyclic amines) is 1. The van der Waals surface area contributed by atoms with Gasteiger partial charge in [-0.05, 0) is 81.7 Å². The summed E-state index contributed by atoms with van der Waals surface area (Å²) in [5.41, 5.74) is -7.89. The number of amides is 2. The lowest BCUT2D eigenvalue weighted by Gasteiger charge is -2.39. The number of fused-ring (bicyclic) bond motifs is 1. The number of hydrogen-bond acceptors (Lipinski definition) is 6. The Balaban J connectivity index is 1.67. The number of halogens is 7. The summed E-state index contributed by atoms with van der Waals surface area (Å²) in [4.78, 5) is 29.2. The van der Waals surface area contributed by atoms with E-state index in [0.717, 1.165) is 50.2 Å². The van der Waals surface area contributed by atoms with Gasteiger partial charge in [0, 0.05) is 24.2 Å². The zero-order valence-electron chi connectivity index (χ0n) is 25.3. The Morgan fingerprint density at radius 2 is 1.57 bits per heavy atom. The second kappa shape index (κ2) is 13.1. The van der Waals surface area contributed by atoms with E-state index in [1.165, 1.54) is 4.90 Å². The van der Waals surface area contributed by atoms with Crippen LogP contribution in [0.15, 0.2) is 59.5 Å². The summed E-state index contributed by atoms with van der Waals surface area (Å²) in [7, 11) is -1.20. The molecular formula is C30H33F7N4O5S. The van der Waals surface area contributed by atoms with E-state index in [0.29, 0.717) is 22.5 Å². The molecule has 2 aromatic carbocycles. The molecule has 0 spiro atoms. The van der Waals surface area contributed by atoms with Gasteiger partial charge in [-0.2, -0.15) is 26.3 Å². The molecule has 2 heterocycles. The van der Waals surface area contributed by atoms with E-state index in [2.05, 4.69) is 16.8 Å². The molecule has 4 rings (SSSR count). The van der Waals surface area contributed by atoms with E-state index in [-0.39, 0.29) is 35.7 Å². The van der Waals surface area contributed by atoms with E-state index >= 15 is 0 Å². The van der Waals surface area contributed by atoms with Gasteiger partial charge in [-0.3, -0.25) is 13.9 Å². The van der Waals surface area contributed by atoms with Crippen molar-refractivity contribution in [2.75, 3.05) is 38.0 Å². The molecule has 2 N–H and O–H groups in total. The van der Waals surface area contributed by atoms with Crippen molar-refractivity contribution >= 4 is 27.5 Å². The summed E-state index contributed by atoms with van der Waals surface area (Å²) in [5, 5.41) is 12.3. The molecule has 17 heteroatoms. The molecule has 2 aliphatic rings. The molecule has 2 aliphatic heterocycles. The highest BCUT2D eigenvalue weighted by molar-refractivity contribution is 7.92. The first-order valence-electron chi connectivity index (χ1n) is 14.4. The van der Waals surface area contributed by atoms with Gasteiger partial charge in [-0.15, -0.1) is 0 Å². The SMILES string of the molecule is C=C(C(=O)NCC(=O)N(C)C1CCN(C)CC1)C1CCc2cc(C(O)(C(F)(F)F)C(F)(F)F)ccc2N1S(=O)(=O)c1ccc(F)cc1. The van der Waals surface area contributed by atoms with E-state index in [9.17, 15) is 53.8 Å². The number of carbonyl (C=O) groups excluding carboxylic acids is 2. The van der Waals surface area contributed by atoms with Crippen LogP contribution < -0.4 is 9.62 Å². The number of nitrogens with one attached hydrogen (secondary N) is 1. The third-order valence-corrected chi connectivity index (χ3v) is 10.5. The van der Waals surface area contributed by atoms with Gasteiger partial charge in [0.1, 0.15) is 5.82 Å². The van der Waals surface area contributed by atoms with Crippen LogP contribution in [0.5, 0.6) is 0 Å². The predicted octanol–water partition coefficient (Wildman–Crippen LogP) is 3.87. The Bertz CT molecular complexity index is 1610. The molecule has 1 atom stereocenters. The molecule has 0 bridgehead atoms. The van der Waals surface area contributed by atoms with Crippen molar-refractivity contribution in [2.45, 2.75) is 60.6 Å². The molecule has 1 unspecified atom stereocenters. The van der Waals surface area contributed by atoms with Crippen molar-refractivity contribution in [3.8, 4) is 0 Å². The maximum Gasteiger partial charge on any atom is 0.430 e. The first-order chi connectivity index (χ1) is 21.7. The molecule has 9 nitrogen and oxygen atoms in total. The number of rotatable bonds is 8. The standard InChI is InChI=1S/C30H33F7N4O5S/c1-18(27(43)38-17-26(42)40(3)22-12-14-39(2)15-13-22)24-10-4-19-16-20(28(44,29(32,33)34)30(35,36)37)5-11-25(19)41(24)47(45,46)23-8-6-21(31)7-9-23/h5-9,11,16,22,24,44H,1,4,10,12-15,17H2,2-3H3,(H,38,43). The first kappa shape index (κ1) is 36.1. The molecule has 0 aliphatic carbocycles. The smallest absolute Gasteiger partial charge is 0.369 e. The van der Waals surface area contributed by atoms with Crippen molar-refractivity contribution < 1.29 is 53.8 Å². The van der Waals surface area contributed by atoms with Gasteiger partial charge < -0.3 is 20.2 Å². The Kier molecular flexibility index (Phi) is 10.1. The number of aryl methyl sites for hydroxylation is 1. The first-order valence-corrected chi connectivity index (χ1v) is 15.8. The fraction of sp³-hybridized carbons (Fsp3) is 0.467. The molecule has 47 heavy (non-hydrogen) atoms. The minimum atomic E-state index is -6.18. The monoisotopic (exact) mass is 694 g/mol. The van der Waals surface area contributed by atoms with Crippen LogP contribution in [0.3, 0.4) is 0 Å². The van der Waals surface area contributed by atoms with Gasteiger partial charge in [0.15, 0.2) is 0 Å². The van der Waals surface area contributed by atoms with Gasteiger partial charge in [0.2, 0.25) is 11.8 Å². The largest absolute Gasteiger partial charge is 0.430 e. The highest BCUT2D eigenvalue weighted by Gasteiger charge is 2.71.